The number of nitrogens with one attached hydrogen (secondary N) is 1. The molecule has 1 aliphatic heterocycles. The van der Waals surface area contributed by atoms with Crippen LogP contribution in [0.5, 0.6) is 17.2 Å². The number of phenolic OH excluding ortho intramolecular Hbond substituents is 1. The third kappa shape index (κ3) is 3.35. The maximum absolute atomic E-state index is 9.86. The molecule has 112 valence electrons. The van der Waals surface area contributed by atoms with Gasteiger partial charge in [-0.1, -0.05) is 0 Å². The number of aromatic hydroxyl groups is 1. The highest BCUT2D eigenvalue weighted by atomic mass is 16.5. The first-order valence-electron chi connectivity index (χ1n) is 6.92. The number of ether oxygens (including phenoxy) is 3. The van der Waals surface area contributed by atoms with Crippen LogP contribution in [0.25, 0.3) is 0 Å². The zero-order valence-electron chi connectivity index (χ0n) is 12.3. The maximum atomic E-state index is 9.86. The number of hydrogen-bond donors (Lipinski definition) is 2. The van der Waals surface area contributed by atoms with Crippen molar-refractivity contribution in [2.45, 2.75) is 26.0 Å². The Hall–Kier alpha value is -1.46. The van der Waals surface area contributed by atoms with Crippen LogP contribution >= 0.6 is 0 Å². The molecule has 0 bridgehead atoms. The van der Waals surface area contributed by atoms with Crippen LogP contribution in [0.4, 0.5) is 0 Å². The second-order valence-corrected chi connectivity index (χ2v) is 5.10. The van der Waals surface area contributed by atoms with Crippen LogP contribution in [-0.4, -0.2) is 38.6 Å². The first-order valence-corrected chi connectivity index (χ1v) is 6.92. The Morgan fingerprint density at radius 3 is 2.45 bits per heavy atom. The molecule has 5 heteroatoms. The average Bonchev–Trinajstić information content (AvgIpc) is 2.86. The second kappa shape index (κ2) is 6.81. The summed E-state index contributed by atoms with van der Waals surface area (Å²) in [5, 5.41) is 13.3. The van der Waals surface area contributed by atoms with Crippen LogP contribution in [0, 0.1) is 5.92 Å². The number of benzene rings is 1. The molecule has 0 radical (unpaired) electrons. The molecule has 0 saturated carbocycles. The SMILES string of the molecule is COc1cc(CNCC2CCOC2C)cc(OC)c1O. The van der Waals surface area contributed by atoms with Gasteiger partial charge in [0, 0.05) is 19.7 Å². The fourth-order valence-corrected chi connectivity index (χ4v) is 2.50. The summed E-state index contributed by atoms with van der Waals surface area (Å²) in [6, 6.07) is 3.64. The first-order chi connectivity index (χ1) is 9.65. The Morgan fingerprint density at radius 2 is 1.95 bits per heavy atom. The van der Waals surface area contributed by atoms with Gasteiger partial charge in [0.05, 0.1) is 20.3 Å². The fraction of sp³-hybridized carbons (Fsp3) is 0.600. The Bertz CT molecular complexity index is 424. The third-order valence-electron chi connectivity index (χ3n) is 3.81. The minimum absolute atomic E-state index is 0.0385. The van der Waals surface area contributed by atoms with Gasteiger partial charge in [0.2, 0.25) is 5.75 Å². The fourth-order valence-electron chi connectivity index (χ4n) is 2.50. The van der Waals surface area contributed by atoms with E-state index < -0.39 is 0 Å². The van der Waals surface area contributed by atoms with Crippen molar-refractivity contribution in [3.8, 4) is 17.2 Å². The van der Waals surface area contributed by atoms with Crippen molar-refractivity contribution in [3.05, 3.63) is 17.7 Å². The summed E-state index contributed by atoms with van der Waals surface area (Å²) in [7, 11) is 3.06. The summed E-state index contributed by atoms with van der Waals surface area (Å²) in [4.78, 5) is 0. The lowest BCUT2D eigenvalue weighted by molar-refractivity contribution is 0.105. The van der Waals surface area contributed by atoms with Crippen molar-refractivity contribution in [2.24, 2.45) is 5.92 Å². The van der Waals surface area contributed by atoms with Crippen molar-refractivity contribution < 1.29 is 19.3 Å². The molecule has 1 heterocycles. The van der Waals surface area contributed by atoms with Gasteiger partial charge in [0.25, 0.3) is 0 Å². The summed E-state index contributed by atoms with van der Waals surface area (Å²) in [6.45, 7) is 4.60. The normalized spacial score (nSPS) is 21.9. The van der Waals surface area contributed by atoms with Gasteiger partial charge in [-0.15, -0.1) is 0 Å². The minimum atomic E-state index is 0.0385. The zero-order chi connectivity index (χ0) is 14.5. The van der Waals surface area contributed by atoms with Gasteiger partial charge in [-0.3, -0.25) is 0 Å². The quantitative estimate of drug-likeness (QED) is 0.834. The zero-order valence-corrected chi connectivity index (χ0v) is 12.3. The lowest BCUT2D eigenvalue weighted by Crippen LogP contribution is -2.26. The van der Waals surface area contributed by atoms with E-state index in [9.17, 15) is 5.11 Å². The summed E-state index contributed by atoms with van der Waals surface area (Å²) in [5.41, 5.74) is 1.02. The molecule has 2 atom stereocenters. The summed E-state index contributed by atoms with van der Waals surface area (Å²) in [5.74, 6) is 1.46. The van der Waals surface area contributed by atoms with E-state index in [1.807, 2.05) is 12.1 Å². The largest absolute Gasteiger partial charge is 0.502 e. The third-order valence-corrected chi connectivity index (χ3v) is 3.81. The van der Waals surface area contributed by atoms with Crippen LogP contribution in [-0.2, 0) is 11.3 Å². The Balaban J connectivity index is 1.95. The lowest BCUT2D eigenvalue weighted by atomic mass is 10.0. The predicted octanol–water partition coefficient (Wildman–Crippen LogP) is 1.92. The standard InChI is InChI=1S/C15H23NO4/c1-10-12(4-5-20-10)9-16-8-11-6-13(18-2)15(17)14(7-11)19-3/h6-7,10,12,16-17H,4-5,8-9H2,1-3H3. The molecule has 20 heavy (non-hydrogen) atoms. The smallest absolute Gasteiger partial charge is 0.200 e. The molecule has 1 saturated heterocycles. The molecule has 0 aliphatic carbocycles. The van der Waals surface area contributed by atoms with E-state index in [0.29, 0.717) is 30.1 Å². The van der Waals surface area contributed by atoms with Gasteiger partial charge in [0.15, 0.2) is 11.5 Å². The monoisotopic (exact) mass is 281 g/mol. The van der Waals surface area contributed by atoms with Crippen LogP contribution in [0.15, 0.2) is 12.1 Å². The molecule has 0 aromatic heterocycles. The molecule has 1 aromatic carbocycles. The van der Waals surface area contributed by atoms with Gasteiger partial charge >= 0.3 is 0 Å². The van der Waals surface area contributed by atoms with Gasteiger partial charge in [-0.05, 0) is 37.0 Å². The number of rotatable bonds is 6. The van der Waals surface area contributed by atoms with E-state index in [4.69, 9.17) is 14.2 Å². The summed E-state index contributed by atoms with van der Waals surface area (Å²) in [6.07, 6.45) is 1.43. The maximum Gasteiger partial charge on any atom is 0.200 e. The summed E-state index contributed by atoms with van der Waals surface area (Å²) >= 11 is 0. The molecule has 1 fully saturated rings. The minimum Gasteiger partial charge on any atom is -0.502 e. The predicted molar refractivity (Wildman–Crippen MR) is 76.4 cm³/mol. The summed E-state index contributed by atoms with van der Waals surface area (Å²) < 4.78 is 15.8. The highest BCUT2D eigenvalue weighted by Gasteiger charge is 2.23. The van der Waals surface area contributed by atoms with Gasteiger partial charge in [-0.25, -0.2) is 0 Å². The van der Waals surface area contributed by atoms with E-state index in [-0.39, 0.29) is 5.75 Å². The molecule has 5 nitrogen and oxygen atoms in total. The Morgan fingerprint density at radius 1 is 1.30 bits per heavy atom. The molecule has 2 unspecified atom stereocenters. The van der Waals surface area contributed by atoms with Crippen LogP contribution in [0.1, 0.15) is 18.9 Å². The van der Waals surface area contributed by atoms with E-state index in [1.165, 1.54) is 14.2 Å². The average molecular weight is 281 g/mol. The van der Waals surface area contributed by atoms with Crippen LogP contribution < -0.4 is 14.8 Å². The molecule has 1 aromatic rings. The topological polar surface area (TPSA) is 60.0 Å². The number of hydrogen-bond acceptors (Lipinski definition) is 5. The van der Waals surface area contributed by atoms with E-state index in [0.717, 1.165) is 25.1 Å². The van der Waals surface area contributed by atoms with Gasteiger partial charge < -0.3 is 24.6 Å². The second-order valence-electron chi connectivity index (χ2n) is 5.10. The molecule has 0 amide bonds. The Labute approximate surface area is 119 Å². The molecule has 2 rings (SSSR count). The Kier molecular flexibility index (Phi) is 5.09. The van der Waals surface area contributed by atoms with Crippen molar-refractivity contribution in [1.82, 2.24) is 5.32 Å². The van der Waals surface area contributed by atoms with Crippen molar-refractivity contribution in [3.63, 3.8) is 0 Å². The molecule has 1 aliphatic rings. The van der Waals surface area contributed by atoms with E-state index in [2.05, 4.69) is 12.2 Å². The molecule has 2 N–H and O–H groups in total. The molecular formula is C15H23NO4. The highest BCUT2D eigenvalue weighted by Crippen LogP contribution is 2.37. The molecular weight excluding hydrogens is 258 g/mol. The van der Waals surface area contributed by atoms with E-state index in [1.54, 1.807) is 0 Å². The van der Waals surface area contributed by atoms with Crippen molar-refractivity contribution >= 4 is 0 Å². The lowest BCUT2D eigenvalue weighted by Gasteiger charge is -2.16. The molecule has 0 spiro atoms. The highest BCUT2D eigenvalue weighted by molar-refractivity contribution is 5.52. The van der Waals surface area contributed by atoms with Gasteiger partial charge in [0.1, 0.15) is 0 Å². The number of methoxy groups -OCH3 is 2. The van der Waals surface area contributed by atoms with Crippen molar-refractivity contribution in [2.75, 3.05) is 27.4 Å². The first kappa shape index (κ1) is 14.9. The van der Waals surface area contributed by atoms with Crippen molar-refractivity contribution in [1.29, 1.82) is 0 Å². The van der Waals surface area contributed by atoms with E-state index >= 15 is 0 Å². The van der Waals surface area contributed by atoms with Crippen LogP contribution in [0.3, 0.4) is 0 Å². The van der Waals surface area contributed by atoms with Gasteiger partial charge in [-0.2, -0.15) is 0 Å². The number of phenols is 1. The van der Waals surface area contributed by atoms with Crippen LogP contribution in [0.2, 0.25) is 0 Å².